The quantitative estimate of drug-likeness (QED) is 0.319. The molecule has 2 heterocycles. The summed E-state index contributed by atoms with van der Waals surface area (Å²) in [5.74, 6) is 0.907. The fourth-order valence-corrected chi connectivity index (χ4v) is 2.27. The van der Waals surface area contributed by atoms with Crippen LogP contribution in [0.2, 0.25) is 0 Å². The van der Waals surface area contributed by atoms with Crippen molar-refractivity contribution in [3.8, 4) is 0 Å². The van der Waals surface area contributed by atoms with Crippen LogP contribution in [0.3, 0.4) is 0 Å². The molecule has 0 bridgehead atoms. The van der Waals surface area contributed by atoms with Gasteiger partial charge in [0, 0.05) is 24.8 Å². The number of hydrogen-bond donors (Lipinski definition) is 3. The number of amidine groups is 1. The van der Waals surface area contributed by atoms with Crippen LogP contribution < -0.4 is 10.6 Å². The van der Waals surface area contributed by atoms with Crippen LogP contribution in [0, 0.1) is 0 Å². The molecule has 0 aromatic carbocycles. The lowest BCUT2D eigenvalue weighted by molar-refractivity contribution is 0.0481. The molecule has 0 amide bonds. The minimum absolute atomic E-state index is 0.0536. The Morgan fingerprint density at radius 3 is 2.84 bits per heavy atom. The summed E-state index contributed by atoms with van der Waals surface area (Å²) >= 11 is 0. The number of nitrogens with two attached hydrogens (primary N) is 1. The molecule has 0 aliphatic carbocycles. The highest BCUT2D eigenvalue weighted by molar-refractivity contribution is 5.96. The maximum Gasteiger partial charge on any atom is 0.171 e. The number of rotatable bonds is 2. The number of oxime groups is 1. The van der Waals surface area contributed by atoms with E-state index in [1.165, 1.54) is 0 Å². The number of anilines is 1. The van der Waals surface area contributed by atoms with Gasteiger partial charge >= 0.3 is 0 Å². The van der Waals surface area contributed by atoms with E-state index in [1.54, 1.807) is 12.3 Å². The summed E-state index contributed by atoms with van der Waals surface area (Å²) in [5.41, 5.74) is 5.51. The summed E-state index contributed by atoms with van der Waals surface area (Å²) in [6.07, 6.45) is 4.08. The molecule has 0 radical (unpaired) electrons. The summed E-state index contributed by atoms with van der Waals surface area (Å²) in [6, 6.07) is 3.63. The predicted octanol–water partition coefficient (Wildman–Crippen LogP) is 0.917. The number of aliphatic hydroxyl groups is 1. The van der Waals surface area contributed by atoms with Gasteiger partial charge in [-0.25, -0.2) is 4.98 Å². The molecule has 1 aromatic rings. The summed E-state index contributed by atoms with van der Waals surface area (Å²) in [7, 11) is 0. The Bertz CT molecular complexity index is 456. The van der Waals surface area contributed by atoms with Crippen molar-refractivity contribution in [1.82, 2.24) is 4.98 Å². The molecule has 1 unspecified atom stereocenters. The van der Waals surface area contributed by atoms with Gasteiger partial charge in [-0.2, -0.15) is 0 Å². The van der Waals surface area contributed by atoms with Gasteiger partial charge in [-0.1, -0.05) is 5.16 Å². The van der Waals surface area contributed by atoms with Crippen molar-refractivity contribution < 1.29 is 10.3 Å². The second-order valence-electron chi connectivity index (χ2n) is 5.23. The van der Waals surface area contributed by atoms with Gasteiger partial charge in [-0.3, -0.25) is 0 Å². The highest BCUT2D eigenvalue weighted by Crippen LogP contribution is 2.24. The van der Waals surface area contributed by atoms with Crippen LogP contribution in [0.5, 0.6) is 0 Å². The van der Waals surface area contributed by atoms with E-state index in [-0.39, 0.29) is 5.84 Å². The maximum atomic E-state index is 10.1. The zero-order valence-electron chi connectivity index (χ0n) is 11.1. The van der Waals surface area contributed by atoms with Gasteiger partial charge < -0.3 is 20.9 Å². The monoisotopic (exact) mass is 264 g/mol. The van der Waals surface area contributed by atoms with Gasteiger partial charge in [0.05, 0.1) is 5.60 Å². The van der Waals surface area contributed by atoms with E-state index >= 15 is 0 Å². The smallest absolute Gasteiger partial charge is 0.171 e. The molecular formula is C13H20N4O2. The van der Waals surface area contributed by atoms with Crippen molar-refractivity contribution in [1.29, 1.82) is 0 Å². The van der Waals surface area contributed by atoms with Crippen LogP contribution in [-0.2, 0) is 0 Å². The largest absolute Gasteiger partial charge is 0.409 e. The second-order valence-corrected chi connectivity index (χ2v) is 5.23. The lowest BCUT2D eigenvalue weighted by Gasteiger charge is -2.23. The minimum Gasteiger partial charge on any atom is -0.409 e. The highest BCUT2D eigenvalue weighted by atomic mass is 16.4. The molecule has 1 fully saturated rings. The molecule has 19 heavy (non-hydrogen) atoms. The van der Waals surface area contributed by atoms with Crippen LogP contribution in [0.1, 0.15) is 31.7 Å². The lowest BCUT2D eigenvalue weighted by Crippen LogP contribution is -2.28. The Morgan fingerprint density at radius 2 is 2.21 bits per heavy atom. The number of nitrogens with zero attached hydrogens (tertiary/aromatic N) is 3. The molecule has 1 saturated heterocycles. The van der Waals surface area contributed by atoms with E-state index in [2.05, 4.69) is 15.0 Å². The summed E-state index contributed by atoms with van der Waals surface area (Å²) in [4.78, 5) is 6.48. The molecule has 1 atom stereocenters. The molecule has 0 spiro atoms. The van der Waals surface area contributed by atoms with Crippen molar-refractivity contribution in [3.63, 3.8) is 0 Å². The number of hydrogen-bond acceptors (Lipinski definition) is 5. The third kappa shape index (κ3) is 3.35. The Balaban J connectivity index is 2.10. The maximum absolute atomic E-state index is 10.1. The first-order valence-electron chi connectivity index (χ1n) is 6.43. The SMILES string of the molecule is CC1(O)CCCN(c2ccc(/C(N)=N/O)cn2)CC1. The van der Waals surface area contributed by atoms with Crippen LogP contribution in [0.15, 0.2) is 23.5 Å². The van der Waals surface area contributed by atoms with Gasteiger partial charge in [-0.15, -0.1) is 0 Å². The first-order chi connectivity index (χ1) is 9.02. The normalized spacial score (nSPS) is 25.2. The standard InChI is InChI=1S/C13H20N4O2/c1-13(18)5-2-7-17(8-6-13)11-4-3-10(9-15-11)12(14)16-19/h3-4,9,18-19H,2,5-8H2,1H3,(H2,14,16). The zero-order chi connectivity index (χ0) is 13.9. The van der Waals surface area contributed by atoms with Crippen molar-refractivity contribution in [2.24, 2.45) is 10.9 Å². The molecule has 1 aromatic heterocycles. The van der Waals surface area contributed by atoms with Crippen LogP contribution in [0.25, 0.3) is 0 Å². The molecule has 4 N–H and O–H groups in total. The second kappa shape index (κ2) is 5.44. The fraction of sp³-hybridized carbons (Fsp3) is 0.538. The van der Waals surface area contributed by atoms with Crippen molar-refractivity contribution in [3.05, 3.63) is 23.9 Å². The van der Waals surface area contributed by atoms with Gasteiger partial charge in [0.25, 0.3) is 0 Å². The topological polar surface area (TPSA) is 95.0 Å². The molecule has 0 saturated carbocycles. The van der Waals surface area contributed by atoms with E-state index in [1.807, 2.05) is 13.0 Å². The van der Waals surface area contributed by atoms with Gasteiger partial charge in [0.2, 0.25) is 0 Å². The van der Waals surface area contributed by atoms with Crippen LogP contribution in [-0.4, -0.2) is 39.8 Å². The fourth-order valence-electron chi connectivity index (χ4n) is 2.27. The Labute approximate surface area is 112 Å². The molecule has 104 valence electrons. The molecule has 1 aliphatic rings. The van der Waals surface area contributed by atoms with E-state index in [0.29, 0.717) is 5.56 Å². The third-order valence-corrected chi connectivity index (χ3v) is 3.54. The molecular weight excluding hydrogens is 244 g/mol. The van der Waals surface area contributed by atoms with Gasteiger partial charge in [-0.05, 0) is 38.3 Å². The minimum atomic E-state index is -0.581. The van der Waals surface area contributed by atoms with Crippen LogP contribution >= 0.6 is 0 Å². The lowest BCUT2D eigenvalue weighted by atomic mass is 9.98. The van der Waals surface area contributed by atoms with E-state index in [0.717, 1.165) is 38.2 Å². The summed E-state index contributed by atoms with van der Waals surface area (Å²) in [5, 5.41) is 21.6. The van der Waals surface area contributed by atoms with Gasteiger partial charge in [0.1, 0.15) is 5.82 Å². The van der Waals surface area contributed by atoms with E-state index in [4.69, 9.17) is 10.9 Å². The average Bonchev–Trinajstić information content (AvgIpc) is 2.59. The highest BCUT2D eigenvalue weighted by Gasteiger charge is 2.25. The molecule has 1 aliphatic heterocycles. The first kappa shape index (κ1) is 13.6. The van der Waals surface area contributed by atoms with Crippen LogP contribution in [0.4, 0.5) is 5.82 Å². The van der Waals surface area contributed by atoms with Crippen molar-refractivity contribution >= 4 is 11.7 Å². The molecule has 6 nitrogen and oxygen atoms in total. The van der Waals surface area contributed by atoms with Gasteiger partial charge in [0.15, 0.2) is 5.84 Å². The zero-order valence-corrected chi connectivity index (χ0v) is 11.1. The van der Waals surface area contributed by atoms with Crippen molar-refractivity contribution in [2.75, 3.05) is 18.0 Å². The Kier molecular flexibility index (Phi) is 3.90. The summed E-state index contributed by atoms with van der Waals surface area (Å²) < 4.78 is 0. The summed E-state index contributed by atoms with van der Waals surface area (Å²) in [6.45, 7) is 3.54. The number of aromatic nitrogens is 1. The first-order valence-corrected chi connectivity index (χ1v) is 6.43. The van der Waals surface area contributed by atoms with Crippen molar-refractivity contribution in [2.45, 2.75) is 31.8 Å². The Morgan fingerprint density at radius 1 is 1.42 bits per heavy atom. The average molecular weight is 264 g/mol. The molecule has 6 heteroatoms. The number of pyridine rings is 1. The van der Waals surface area contributed by atoms with E-state index in [9.17, 15) is 5.11 Å². The molecule has 2 rings (SSSR count). The predicted molar refractivity (Wildman–Crippen MR) is 73.4 cm³/mol. The van der Waals surface area contributed by atoms with E-state index < -0.39 is 5.60 Å². The third-order valence-electron chi connectivity index (χ3n) is 3.54. The Hall–Kier alpha value is -1.82.